The normalized spacial score (nSPS) is 18.1. The summed E-state index contributed by atoms with van der Waals surface area (Å²) in [6.07, 6.45) is 0.718. The van der Waals surface area contributed by atoms with E-state index in [1.807, 2.05) is 0 Å². The number of carbonyl (C=O) groups excluding carboxylic acids is 1. The third-order valence-electron chi connectivity index (χ3n) is 3.10. The summed E-state index contributed by atoms with van der Waals surface area (Å²) in [5.74, 6) is -0.356. The molecule has 1 amide bonds. The zero-order chi connectivity index (χ0) is 14.9. The number of amides is 1. The van der Waals surface area contributed by atoms with Gasteiger partial charge in [0.05, 0.1) is 0 Å². The maximum atomic E-state index is 12.8. The molecule has 11 heteroatoms. The van der Waals surface area contributed by atoms with E-state index in [1.165, 1.54) is 4.68 Å². The molecule has 2 rings (SSSR count). The Balaban J connectivity index is 1.95. The van der Waals surface area contributed by atoms with Gasteiger partial charge in [0.2, 0.25) is 0 Å². The maximum Gasteiger partial charge on any atom is 0.374 e. The van der Waals surface area contributed by atoms with Crippen LogP contribution in [0.25, 0.3) is 0 Å². The monoisotopic (exact) mass is 369 g/mol. The van der Waals surface area contributed by atoms with Crippen molar-refractivity contribution in [3.05, 3.63) is 10.3 Å². The Labute approximate surface area is 123 Å². The molecule has 1 N–H and O–H groups in total. The van der Waals surface area contributed by atoms with Crippen LogP contribution in [0.5, 0.6) is 0 Å². The van der Waals surface area contributed by atoms with Crippen LogP contribution < -0.4 is 5.32 Å². The molecule has 0 spiro atoms. The number of piperidine rings is 1. The maximum absolute atomic E-state index is 12.8. The van der Waals surface area contributed by atoms with Crippen LogP contribution in [-0.2, 0) is 17.5 Å². The first-order chi connectivity index (χ1) is 9.29. The van der Waals surface area contributed by atoms with Crippen molar-refractivity contribution in [3.63, 3.8) is 0 Å². The van der Waals surface area contributed by atoms with E-state index in [0.717, 1.165) is 4.31 Å². The minimum Gasteiger partial charge on any atom is -0.348 e. The Morgan fingerprint density at radius 3 is 2.50 bits per heavy atom. The van der Waals surface area contributed by atoms with Gasteiger partial charge in [0.15, 0.2) is 10.3 Å². The molecule has 0 aliphatic carbocycles. The second-order valence-electron chi connectivity index (χ2n) is 4.44. The average Bonchev–Trinajstić information content (AvgIpc) is 2.68. The van der Waals surface area contributed by atoms with E-state index in [1.54, 1.807) is 7.05 Å². The average molecular weight is 370 g/mol. The Morgan fingerprint density at radius 1 is 1.45 bits per heavy atom. The van der Waals surface area contributed by atoms with Gasteiger partial charge in [-0.2, -0.15) is 12.7 Å². The Bertz CT molecular complexity index is 592. The van der Waals surface area contributed by atoms with E-state index in [0.29, 0.717) is 17.4 Å². The lowest BCUT2D eigenvalue weighted by Crippen LogP contribution is -2.46. The third kappa shape index (κ3) is 3.33. The Hall–Kier alpha value is -1.07. The summed E-state index contributed by atoms with van der Waals surface area (Å²) in [6, 6.07) is -0.206. The van der Waals surface area contributed by atoms with Crippen LogP contribution in [0.1, 0.15) is 23.3 Å². The fraction of sp³-hybridized carbons (Fsp3) is 0.667. The van der Waals surface area contributed by atoms with Gasteiger partial charge in [-0.25, -0.2) is 4.68 Å². The molecule has 20 heavy (non-hydrogen) atoms. The van der Waals surface area contributed by atoms with Crippen molar-refractivity contribution in [2.24, 2.45) is 7.05 Å². The molecule has 0 aromatic carbocycles. The highest BCUT2D eigenvalue weighted by atomic mass is 79.9. The van der Waals surface area contributed by atoms with Crippen LogP contribution in [0.4, 0.5) is 3.89 Å². The largest absolute Gasteiger partial charge is 0.374 e. The zero-order valence-corrected chi connectivity index (χ0v) is 13.0. The van der Waals surface area contributed by atoms with Crippen LogP contribution in [0.3, 0.4) is 0 Å². The van der Waals surface area contributed by atoms with E-state index >= 15 is 0 Å². The van der Waals surface area contributed by atoms with E-state index in [2.05, 4.69) is 31.6 Å². The van der Waals surface area contributed by atoms with Crippen molar-refractivity contribution in [3.8, 4) is 0 Å². The van der Waals surface area contributed by atoms with Gasteiger partial charge in [0, 0.05) is 26.2 Å². The molecule has 2 heterocycles. The van der Waals surface area contributed by atoms with Crippen LogP contribution >= 0.6 is 15.9 Å². The lowest BCUT2D eigenvalue weighted by atomic mass is 10.1. The van der Waals surface area contributed by atoms with Crippen LogP contribution in [0.15, 0.2) is 4.60 Å². The first kappa shape index (κ1) is 15.3. The second-order valence-corrected chi connectivity index (χ2v) is 6.53. The smallest absolute Gasteiger partial charge is 0.348 e. The molecule has 1 aliphatic rings. The number of halogens is 2. The molecule has 0 radical (unpaired) electrons. The molecule has 8 nitrogen and oxygen atoms in total. The molecule has 1 aromatic heterocycles. The minimum atomic E-state index is -4.65. The van der Waals surface area contributed by atoms with Gasteiger partial charge in [-0.3, -0.25) is 4.79 Å². The Morgan fingerprint density at radius 2 is 2.05 bits per heavy atom. The second kappa shape index (κ2) is 5.74. The highest BCUT2D eigenvalue weighted by Gasteiger charge is 2.29. The van der Waals surface area contributed by atoms with Gasteiger partial charge in [-0.15, -0.1) is 5.10 Å². The number of nitrogens with one attached hydrogen (secondary N) is 1. The molecule has 0 atom stereocenters. The quantitative estimate of drug-likeness (QED) is 0.755. The van der Waals surface area contributed by atoms with Gasteiger partial charge in [-0.05, 0) is 28.8 Å². The molecule has 112 valence electrons. The fourth-order valence-corrected chi connectivity index (χ4v) is 3.20. The summed E-state index contributed by atoms with van der Waals surface area (Å²) in [5.41, 5.74) is 0.283. The lowest BCUT2D eigenvalue weighted by molar-refractivity contribution is 0.0913. The SMILES string of the molecule is Cn1nnc(Br)c1C(=O)NC1CCN(S(=O)(=O)F)CC1. The van der Waals surface area contributed by atoms with E-state index < -0.39 is 10.4 Å². The molecule has 0 unspecified atom stereocenters. The third-order valence-corrected chi connectivity index (χ3v) is 4.61. The molecule has 0 saturated carbocycles. The molecule has 1 aromatic rings. The van der Waals surface area contributed by atoms with Crippen molar-refractivity contribution >= 4 is 32.2 Å². The number of rotatable bonds is 3. The predicted molar refractivity (Wildman–Crippen MR) is 70.8 cm³/mol. The number of hydrogen-bond donors (Lipinski definition) is 1. The van der Waals surface area contributed by atoms with Crippen LogP contribution in [-0.4, -0.2) is 52.8 Å². The molecular formula is C9H13BrFN5O3S. The molecule has 1 saturated heterocycles. The standard InChI is InChI=1S/C9H13BrFN5O3S/c1-15-7(8(10)13-14-15)9(17)12-6-2-4-16(5-3-6)20(11,18)19/h6H,2-5H2,1H3,(H,12,17). The van der Waals surface area contributed by atoms with Crippen molar-refractivity contribution in [2.45, 2.75) is 18.9 Å². The van der Waals surface area contributed by atoms with Crippen LogP contribution in [0.2, 0.25) is 0 Å². The van der Waals surface area contributed by atoms with Crippen LogP contribution in [0, 0.1) is 0 Å². The van der Waals surface area contributed by atoms with Gasteiger partial charge in [0.1, 0.15) is 0 Å². The number of nitrogens with zero attached hydrogens (tertiary/aromatic N) is 4. The minimum absolute atomic E-state index is 0.0502. The summed E-state index contributed by atoms with van der Waals surface area (Å²) < 4.78 is 36.7. The predicted octanol–water partition coefficient (Wildman–Crippen LogP) is -0.0139. The number of aromatic nitrogens is 3. The van der Waals surface area contributed by atoms with E-state index in [-0.39, 0.29) is 30.7 Å². The van der Waals surface area contributed by atoms with Gasteiger partial charge < -0.3 is 5.32 Å². The molecule has 1 fully saturated rings. The van der Waals surface area contributed by atoms with Crippen molar-refractivity contribution in [1.82, 2.24) is 24.6 Å². The summed E-state index contributed by atoms with van der Waals surface area (Å²) >= 11 is 3.13. The fourth-order valence-electron chi connectivity index (χ4n) is 2.04. The Kier molecular flexibility index (Phi) is 4.39. The molecular weight excluding hydrogens is 357 g/mol. The first-order valence-corrected chi connectivity index (χ1v) is 7.98. The van der Waals surface area contributed by atoms with Gasteiger partial charge in [0.25, 0.3) is 5.91 Å². The van der Waals surface area contributed by atoms with Gasteiger partial charge in [-0.1, -0.05) is 9.10 Å². The highest BCUT2D eigenvalue weighted by molar-refractivity contribution is 9.10. The highest BCUT2D eigenvalue weighted by Crippen LogP contribution is 2.17. The van der Waals surface area contributed by atoms with Crippen molar-refractivity contribution < 1.29 is 17.1 Å². The first-order valence-electron chi connectivity index (χ1n) is 5.85. The van der Waals surface area contributed by atoms with Crippen molar-refractivity contribution in [1.29, 1.82) is 0 Å². The number of hydrogen-bond acceptors (Lipinski definition) is 5. The van der Waals surface area contributed by atoms with Gasteiger partial charge >= 0.3 is 10.4 Å². The van der Waals surface area contributed by atoms with E-state index in [4.69, 9.17) is 0 Å². The summed E-state index contributed by atoms with van der Waals surface area (Å²) in [7, 11) is -3.06. The van der Waals surface area contributed by atoms with E-state index in [9.17, 15) is 17.1 Å². The topological polar surface area (TPSA) is 97.2 Å². The summed E-state index contributed by atoms with van der Waals surface area (Å²) in [6.45, 7) is 0.100. The number of aryl methyl sites for hydroxylation is 1. The molecule has 0 bridgehead atoms. The summed E-state index contributed by atoms with van der Waals surface area (Å²) in [5, 5.41) is 10.2. The number of carbonyl (C=O) groups is 1. The lowest BCUT2D eigenvalue weighted by Gasteiger charge is -2.29. The van der Waals surface area contributed by atoms with Crippen molar-refractivity contribution in [2.75, 3.05) is 13.1 Å². The summed E-state index contributed by atoms with van der Waals surface area (Å²) in [4.78, 5) is 12.0. The zero-order valence-electron chi connectivity index (χ0n) is 10.6. The molecule has 1 aliphatic heterocycles.